The van der Waals surface area contributed by atoms with Crippen LogP contribution in [-0.2, 0) is 14.8 Å². The Morgan fingerprint density at radius 3 is 2.19 bits per heavy atom. The Morgan fingerprint density at radius 1 is 1.04 bits per heavy atom. The van der Waals surface area contributed by atoms with Crippen LogP contribution in [0.3, 0.4) is 0 Å². The summed E-state index contributed by atoms with van der Waals surface area (Å²) >= 11 is 0. The highest BCUT2D eigenvalue weighted by Crippen LogP contribution is 2.19. The summed E-state index contributed by atoms with van der Waals surface area (Å²) in [7, 11) is 1.26. The van der Waals surface area contributed by atoms with E-state index < -0.39 is 10.0 Å². The van der Waals surface area contributed by atoms with Gasteiger partial charge in [0.1, 0.15) is 5.75 Å². The molecule has 0 bridgehead atoms. The molecule has 1 amide bonds. The van der Waals surface area contributed by atoms with Gasteiger partial charge in [0.2, 0.25) is 0 Å². The molecule has 2 N–H and O–H groups in total. The fraction of sp³-hybridized carbons (Fsp3) is 0.167. The summed E-state index contributed by atoms with van der Waals surface area (Å²) in [5.41, 5.74) is 3.73. The van der Waals surface area contributed by atoms with Gasteiger partial charge in [-0.3, -0.25) is 14.9 Å². The third-order valence-electron chi connectivity index (χ3n) is 3.29. The summed E-state index contributed by atoms with van der Waals surface area (Å²) < 4.78 is 32.4. The van der Waals surface area contributed by atoms with Crippen molar-refractivity contribution < 1.29 is 17.9 Å². The van der Waals surface area contributed by atoms with Gasteiger partial charge in [0.25, 0.3) is 15.9 Å². The first kappa shape index (κ1) is 19.5. The van der Waals surface area contributed by atoms with E-state index in [1.54, 1.807) is 63.7 Å². The Hall–Kier alpha value is -2.84. The number of hydrogen-bond donors (Lipinski definition) is 2. The second kappa shape index (κ2) is 8.50. The summed E-state index contributed by atoms with van der Waals surface area (Å²) in [6.07, 6.45) is 2.98. The first-order valence-electron chi connectivity index (χ1n) is 7.73. The van der Waals surface area contributed by atoms with Crippen LogP contribution in [0.1, 0.15) is 5.56 Å². The third kappa shape index (κ3) is 5.61. The molecule has 0 atom stereocenters. The number of hydrazine groups is 1. The van der Waals surface area contributed by atoms with Gasteiger partial charge in [0.15, 0.2) is 0 Å². The highest BCUT2D eigenvalue weighted by Gasteiger charge is 2.13. The summed E-state index contributed by atoms with van der Waals surface area (Å²) in [6, 6.07) is 12.8. The molecule has 0 saturated carbocycles. The van der Waals surface area contributed by atoms with Gasteiger partial charge in [0.05, 0.1) is 12.0 Å². The standard InChI is InChI=1S/C18H21N3O4S/c1-21(2)19-18(22)13-6-14-4-11-17(12-5-14)26(23,24)20-15-7-9-16(25-3)10-8-15/h4-13,20H,1-3H3,(H,19,22)/b13-6+. The van der Waals surface area contributed by atoms with Crippen molar-refractivity contribution in [2.45, 2.75) is 4.90 Å². The van der Waals surface area contributed by atoms with Crippen molar-refractivity contribution in [1.29, 1.82) is 0 Å². The topological polar surface area (TPSA) is 87.7 Å². The van der Waals surface area contributed by atoms with Gasteiger partial charge >= 0.3 is 0 Å². The summed E-state index contributed by atoms with van der Waals surface area (Å²) in [4.78, 5) is 11.7. The fourth-order valence-electron chi connectivity index (χ4n) is 2.06. The van der Waals surface area contributed by atoms with Crippen molar-refractivity contribution in [2.24, 2.45) is 0 Å². The summed E-state index contributed by atoms with van der Waals surface area (Å²) in [5, 5.41) is 1.53. The largest absolute Gasteiger partial charge is 0.497 e. The molecule has 0 aromatic heterocycles. The minimum atomic E-state index is -3.70. The molecule has 7 nitrogen and oxygen atoms in total. The Kier molecular flexibility index (Phi) is 6.37. The number of hydrogen-bond acceptors (Lipinski definition) is 5. The monoisotopic (exact) mass is 375 g/mol. The zero-order chi connectivity index (χ0) is 19.2. The number of carbonyl (C=O) groups excluding carboxylic acids is 1. The number of methoxy groups -OCH3 is 1. The molecular formula is C18H21N3O4S. The van der Waals surface area contributed by atoms with E-state index in [2.05, 4.69) is 10.1 Å². The molecule has 0 aliphatic heterocycles. The van der Waals surface area contributed by atoms with Crippen molar-refractivity contribution in [1.82, 2.24) is 10.4 Å². The Morgan fingerprint density at radius 2 is 1.65 bits per heavy atom. The van der Waals surface area contributed by atoms with E-state index in [4.69, 9.17) is 4.74 Å². The molecule has 0 radical (unpaired) electrons. The Labute approximate surface area is 153 Å². The van der Waals surface area contributed by atoms with E-state index in [9.17, 15) is 13.2 Å². The zero-order valence-corrected chi connectivity index (χ0v) is 15.6. The molecule has 0 saturated heterocycles. The lowest BCUT2D eigenvalue weighted by molar-refractivity contribution is -0.119. The van der Waals surface area contributed by atoms with Gasteiger partial charge in [0, 0.05) is 25.9 Å². The molecule has 0 aliphatic carbocycles. The molecule has 138 valence electrons. The van der Waals surface area contributed by atoms with E-state index in [-0.39, 0.29) is 10.8 Å². The third-order valence-corrected chi connectivity index (χ3v) is 4.69. The number of anilines is 1. The average molecular weight is 375 g/mol. The van der Waals surface area contributed by atoms with Crippen molar-refractivity contribution >= 4 is 27.7 Å². The van der Waals surface area contributed by atoms with E-state index in [1.807, 2.05) is 0 Å². The predicted molar refractivity (Wildman–Crippen MR) is 101 cm³/mol. The van der Waals surface area contributed by atoms with Crippen molar-refractivity contribution in [3.63, 3.8) is 0 Å². The average Bonchev–Trinajstić information content (AvgIpc) is 2.60. The zero-order valence-electron chi connectivity index (χ0n) is 14.8. The van der Waals surface area contributed by atoms with Crippen LogP contribution in [0.15, 0.2) is 59.5 Å². The molecule has 26 heavy (non-hydrogen) atoms. The molecule has 8 heteroatoms. The molecular weight excluding hydrogens is 354 g/mol. The normalized spacial score (nSPS) is 11.5. The van der Waals surface area contributed by atoms with Gasteiger partial charge in [-0.1, -0.05) is 12.1 Å². The number of sulfonamides is 1. The number of ether oxygens (including phenoxy) is 1. The minimum absolute atomic E-state index is 0.128. The maximum atomic E-state index is 12.4. The molecule has 0 fully saturated rings. The van der Waals surface area contributed by atoms with E-state index in [1.165, 1.54) is 23.2 Å². The van der Waals surface area contributed by atoms with E-state index >= 15 is 0 Å². The van der Waals surface area contributed by atoms with Crippen LogP contribution in [0.2, 0.25) is 0 Å². The number of benzene rings is 2. The van der Waals surface area contributed by atoms with Crippen LogP contribution in [-0.4, -0.2) is 40.5 Å². The van der Waals surface area contributed by atoms with Crippen LogP contribution in [0.4, 0.5) is 5.69 Å². The van der Waals surface area contributed by atoms with Gasteiger partial charge < -0.3 is 4.74 Å². The molecule has 0 aliphatic rings. The lowest BCUT2D eigenvalue weighted by Crippen LogP contribution is -2.34. The van der Waals surface area contributed by atoms with Gasteiger partial charge in [-0.05, 0) is 48.0 Å². The highest BCUT2D eigenvalue weighted by molar-refractivity contribution is 7.92. The minimum Gasteiger partial charge on any atom is -0.497 e. The van der Waals surface area contributed by atoms with Crippen LogP contribution >= 0.6 is 0 Å². The fourth-order valence-corrected chi connectivity index (χ4v) is 3.12. The van der Waals surface area contributed by atoms with E-state index in [0.29, 0.717) is 17.0 Å². The van der Waals surface area contributed by atoms with Crippen LogP contribution in [0, 0.1) is 0 Å². The molecule has 0 heterocycles. The lowest BCUT2D eigenvalue weighted by Gasteiger charge is -2.09. The smallest absolute Gasteiger partial charge is 0.261 e. The van der Waals surface area contributed by atoms with Crippen molar-refractivity contribution in [3.05, 3.63) is 60.2 Å². The summed E-state index contributed by atoms with van der Waals surface area (Å²) in [5.74, 6) is 0.371. The Balaban J connectivity index is 2.08. The SMILES string of the molecule is COc1ccc(NS(=O)(=O)c2ccc(/C=C/C(=O)NN(C)C)cc2)cc1. The van der Waals surface area contributed by atoms with Crippen LogP contribution in [0.5, 0.6) is 5.75 Å². The predicted octanol–water partition coefficient (Wildman–Crippen LogP) is 2.10. The number of amides is 1. The first-order valence-corrected chi connectivity index (χ1v) is 9.21. The van der Waals surface area contributed by atoms with Crippen molar-refractivity contribution in [3.8, 4) is 5.75 Å². The molecule has 2 rings (SSSR count). The van der Waals surface area contributed by atoms with E-state index in [0.717, 1.165) is 0 Å². The van der Waals surface area contributed by atoms with Crippen LogP contribution < -0.4 is 14.9 Å². The highest BCUT2D eigenvalue weighted by atomic mass is 32.2. The first-order chi connectivity index (χ1) is 12.3. The number of rotatable bonds is 7. The van der Waals surface area contributed by atoms with Gasteiger partial charge in [-0.15, -0.1) is 0 Å². The number of nitrogens with one attached hydrogen (secondary N) is 2. The maximum Gasteiger partial charge on any atom is 0.261 e. The molecule has 0 unspecified atom stereocenters. The van der Waals surface area contributed by atoms with Gasteiger partial charge in [-0.2, -0.15) is 0 Å². The van der Waals surface area contributed by atoms with Gasteiger partial charge in [-0.25, -0.2) is 13.4 Å². The van der Waals surface area contributed by atoms with Crippen LogP contribution in [0.25, 0.3) is 6.08 Å². The lowest BCUT2D eigenvalue weighted by atomic mass is 10.2. The maximum absolute atomic E-state index is 12.4. The molecule has 0 spiro atoms. The number of carbonyl (C=O) groups is 1. The second-order valence-electron chi connectivity index (χ2n) is 5.61. The Bertz CT molecular complexity index is 874. The number of nitrogens with zero attached hydrogens (tertiary/aromatic N) is 1. The molecule has 2 aromatic rings. The van der Waals surface area contributed by atoms with Crippen molar-refractivity contribution in [2.75, 3.05) is 25.9 Å². The second-order valence-corrected chi connectivity index (χ2v) is 7.29. The summed E-state index contributed by atoms with van der Waals surface area (Å²) in [6.45, 7) is 0. The quantitative estimate of drug-likeness (QED) is 0.572. The molecule has 2 aromatic carbocycles.